The topological polar surface area (TPSA) is 58.4 Å². The van der Waals surface area contributed by atoms with Crippen LogP contribution in [0.3, 0.4) is 0 Å². The number of aromatic nitrogens is 2. The van der Waals surface area contributed by atoms with E-state index in [9.17, 15) is 23.1 Å². The van der Waals surface area contributed by atoms with Gasteiger partial charge in [-0.15, -0.1) is 0 Å². The van der Waals surface area contributed by atoms with Crippen LogP contribution in [-0.4, -0.2) is 44.7 Å². The summed E-state index contributed by atoms with van der Waals surface area (Å²) in [6.07, 6.45) is -0.706. The fourth-order valence-corrected chi connectivity index (χ4v) is 2.47. The number of imidazole rings is 1. The van der Waals surface area contributed by atoms with Crippen molar-refractivity contribution in [1.29, 1.82) is 0 Å². The van der Waals surface area contributed by atoms with Crippen LogP contribution in [0.15, 0.2) is 12.4 Å². The highest BCUT2D eigenvalue weighted by atomic mass is 19.4. The predicted molar refractivity (Wildman–Crippen MR) is 68.3 cm³/mol. The lowest BCUT2D eigenvalue weighted by Gasteiger charge is -2.27. The first-order valence-corrected chi connectivity index (χ1v) is 6.90. The third kappa shape index (κ3) is 4.45. The van der Waals surface area contributed by atoms with Crippen molar-refractivity contribution in [3.63, 3.8) is 0 Å². The van der Waals surface area contributed by atoms with Crippen molar-refractivity contribution in [3.05, 3.63) is 18.2 Å². The third-order valence-corrected chi connectivity index (χ3v) is 3.47. The maximum absolute atomic E-state index is 12.4. The molecule has 1 aliphatic heterocycles. The van der Waals surface area contributed by atoms with Gasteiger partial charge in [0.15, 0.2) is 0 Å². The Kier molecular flexibility index (Phi) is 4.87. The van der Waals surface area contributed by atoms with Crippen molar-refractivity contribution >= 4 is 5.91 Å². The number of hydrogen-bond donors (Lipinski definition) is 1. The van der Waals surface area contributed by atoms with Gasteiger partial charge in [0.2, 0.25) is 5.91 Å². The second-order valence-corrected chi connectivity index (χ2v) is 5.19. The monoisotopic (exact) mass is 305 g/mol. The molecule has 1 unspecified atom stereocenters. The number of aliphatic hydroxyl groups excluding tert-OH is 1. The summed E-state index contributed by atoms with van der Waals surface area (Å²) in [6, 6.07) is 0. The fraction of sp³-hybridized carbons (Fsp3) is 0.692. The largest absolute Gasteiger partial charge is 0.406 e. The zero-order chi connectivity index (χ0) is 15.5. The summed E-state index contributed by atoms with van der Waals surface area (Å²) in [6.45, 7) is 0.0579. The second-order valence-electron chi connectivity index (χ2n) is 5.19. The molecule has 8 heteroatoms. The standard InChI is InChI=1S/C13H18F3N3O2/c14-13(15,16)9-19-7-4-17-12(19)10(20)8-11(21)18-5-2-1-3-6-18/h4,7,10,20H,1-3,5-6,8-9H2. The van der Waals surface area contributed by atoms with Crippen molar-refractivity contribution in [2.75, 3.05) is 13.1 Å². The van der Waals surface area contributed by atoms with E-state index in [0.717, 1.165) is 30.0 Å². The molecular weight excluding hydrogens is 287 g/mol. The van der Waals surface area contributed by atoms with E-state index >= 15 is 0 Å². The molecule has 2 rings (SSSR count). The molecule has 1 atom stereocenters. The fourth-order valence-electron chi connectivity index (χ4n) is 2.47. The van der Waals surface area contributed by atoms with Gasteiger partial charge in [0.25, 0.3) is 0 Å². The van der Waals surface area contributed by atoms with Crippen molar-refractivity contribution in [2.24, 2.45) is 0 Å². The zero-order valence-corrected chi connectivity index (χ0v) is 11.5. The summed E-state index contributed by atoms with van der Waals surface area (Å²) in [5.41, 5.74) is 0. The minimum Gasteiger partial charge on any atom is -0.385 e. The normalized spacial score (nSPS) is 17.8. The molecule has 1 N–H and O–H groups in total. The summed E-state index contributed by atoms with van der Waals surface area (Å²) in [7, 11) is 0. The number of hydrogen-bond acceptors (Lipinski definition) is 3. The zero-order valence-electron chi connectivity index (χ0n) is 11.5. The van der Waals surface area contributed by atoms with Crippen LogP contribution in [0, 0.1) is 0 Å². The molecule has 1 amide bonds. The van der Waals surface area contributed by atoms with Gasteiger partial charge in [0, 0.05) is 25.5 Å². The van der Waals surface area contributed by atoms with Gasteiger partial charge in [0.1, 0.15) is 18.5 Å². The molecule has 1 fully saturated rings. The molecule has 0 aliphatic carbocycles. The van der Waals surface area contributed by atoms with Gasteiger partial charge in [-0.1, -0.05) is 0 Å². The van der Waals surface area contributed by atoms with E-state index in [2.05, 4.69) is 4.98 Å². The summed E-state index contributed by atoms with van der Waals surface area (Å²) in [5.74, 6) is -0.374. The SMILES string of the molecule is O=C(CC(O)c1nccn1CC(F)(F)F)N1CCCCC1. The Bertz CT molecular complexity index is 481. The molecule has 1 saturated heterocycles. The van der Waals surface area contributed by atoms with E-state index in [1.807, 2.05) is 0 Å². The minimum atomic E-state index is -4.40. The van der Waals surface area contributed by atoms with Crippen LogP contribution in [0.4, 0.5) is 13.2 Å². The first-order chi connectivity index (χ1) is 9.87. The molecular formula is C13H18F3N3O2. The second kappa shape index (κ2) is 6.46. The predicted octanol–water partition coefficient (Wildman–Crippen LogP) is 1.88. The smallest absolute Gasteiger partial charge is 0.385 e. The average molecular weight is 305 g/mol. The Balaban J connectivity index is 1.98. The molecule has 21 heavy (non-hydrogen) atoms. The number of piperidine rings is 1. The van der Waals surface area contributed by atoms with Crippen LogP contribution >= 0.6 is 0 Å². The average Bonchev–Trinajstić information content (AvgIpc) is 2.85. The first-order valence-electron chi connectivity index (χ1n) is 6.90. The Morgan fingerprint density at radius 3 is 2.62 bits per heavy atom. The van der Waals surface area contributed by atoms with E-state index < -0.39 is 18.8 Å². The summed E-state index contributed by atoms with van der Waals surface area (Å²) >= 11 is 0. The summed E-state index contributed by atoms with van der Waals surface area (Å²) in [4.78, 5) is 17.4. The number of nitrogens with zero attached hydrogens (tertiary/aromatic N) is 3. The van der Waals surface area contributed by atoms with Gasteiger partial charge in [-0.2, -0.15) is 13.2 Å². The lowest BCUT2D eigenvalue weighted by molar-refractivity contribution is -0.141. The molecule has 1 aromatic heterocycles. The van der Waals surface area contributed by atoms with E-state index in [4.69, 9.17) is 0 Å². The molecule has 0 radical (unpaired) electrons. The quantitative estimate of drug-likeness (QED) is 0.924. The van der Waals surface area contributed by atoms with Gasteiger partial charge in [-0.05, 0) is 19.3 Å². The first kappa shape index (κ1) is 15.8. The third-order valence-electron chi connectivity index (χ3n) is 3.47. The van der Waals surface area contributed by atoms with Crippen LogP contribution < -0.4 is 0 Å². The van der Waals surface area contributed by atoms with Crippen molar-refractivity contribution in [2.45, 2.75) is 44.5 Å². The molecule has 118 valence electrons. The molecule has 1 aromatic rings. The van der Waals surface area contributed by atoms with Gasteiger partial charge in [-0.25, -0.2) is 4.98 Å². The minimum absolute atomic E-state index is 0.127. The molecule has 1 aliphatic rings. The Labute approximate surface area is 120 Å². The maximum Gasteiger partial charge on any atom is 0.406 e. The highest BCUT2D eigenvalue weighted by Crippen LogP contribution is 2.23. The summed E-state index contributed by atoms with van der Waals surface area (Å²) in [5, 5.41) is 9.99. The molecule has 0 spiro atoms. The number of aliphatic hydroxyl groups is 1. The summed E-state index contributed by atoms with van der Waals surface area (Å²) < 4.78 is 38.1. The van der Waals surface area contributed by atoms with E-state index in [0.29, 0.717) is 13.1 Å². The van der Waals surface area contributed by atoms with Gasteiger partial charge >= 0.3 is 6.18 Å². The number of alkyl halides is 3. The van der Waals surface area contributed by atoms with E-state index in [1.165, 1.54) is 6.20 Å². The maximum atomic E-state index is 12.4. The van der Waals surface area contributed by atoms with Crippen LogP contribution in [0.1, 0.15) is 37.6 Å². The molecule has 0 bridgehead atoms. The number of amides is 1. The number of rotatable bonds is 4. The molecule has 0 aromatic carbocycles. The molecule has 5 nitrogen and oxygen atoms in total. The number of likely N-dealkylation sites (tertiary alicyclic amines) is 1. The lowest BCUT2D eigenvalue weighted by Crippen LogP contribution is -2.36. The highest BCUT2D eigenvalue weighted by molar-refractivity contribution is 5.76. The Hall–Kier alpha value is -1.57. The number of halogens is 3. The van der Waals surface area contributed by atoms with Gasteiger partial charge in [-0.3, -0.25) is 4.79 Å². The van der Waals surface area contributed by atoms with Crippen molar-refractivity contribution in [1.82, 2.24) is 14.5 Å². The number of carbonyl (C=O) groups is 1. The molecule has 0 saturated carbocycles. The Morgan fingerprint density at radius 2 is 2.00 bits per heavy atom. The Morgan fingerprint density at radius 1 is 1.33 bits per heavy atom. The molecule has 2 heterocycles. The van der Waals surface area contributed by atoms with Gasteiger partial charge in [0.05, 0.1) is 6.42 Å². The van der Waals surface area contributed by atoms with E-state index in [-0.39, 0.29) is 18.2 Å². The van der Waals surface area contributed by atoms with Crippen LogP contribution in [0.2, 0.25) is 0 Å². The lowest BCUT2D eigenvalue weighted by atomic mass is 10.1. The van der Waals surface area contributed by atoms with Crippen LogP contribution in [-0.2, 0) is 11.3 Å². The van der Waals surface area contributed by atoms with E-state index in [1.54, 1.807) is 4.90 Å². The van der Waals surface area contributed by atoms with Crippen molar-refractivity contribution < 1.29 is 23.1 Å². The van der Waals surface area contributed by atoms with Crippen LogP contribution in [0.25, 0.3) is 0 Å². The highest BCUT2D eigenvalue weighted by Gasteiger charge is 2.30. The van der Waals surface area contributed by atoms with Gasteiger partial charge < -0.3 is 14.6 Å². The van der Waals surface area contributed by atoms with Crippen molar-refractivity contribution in [3.8, 4) is 0 Å². The number of carbonyl (C=O) groups excluding carboxylic acids is 1. The van der Waals surface area contributed by atoms with Crippen LogP contribution in [0.5, 0.6) is 0 Å².